The number of amides is 1. The topological polar surface area (TPSA) is 59.0 Å². The molecular formula is C16H19F3N4O. The molecule has 5 nitrogen and oxygen atoms in total. The van der Waals surface area contributed by atoms with Crippen LogP contribution in [-0.4, -0.2) is 34.7 Å². The van der Waals surface area contributed by atoms with Crippen LogP contribution in [0.5, 0.6) is 0 Å². The molecule has 0 radical (unpaired) electrons. The van der Waals surface area contributed by atoms with Crippen molar-refractivity contribution in [2.45, 2.75) is 38.4 Å². The van der Waals surface area contributed by atoms with E-state index in [-0.39, 0.29) is 0 Å². The molecule has 0 unspecified atom stereocenters. The fourth-order valence-corrected chi connectivity index (χ4v) is 2.95. The van der Waals surface area contributed by atoms with Crippen molar-refractivity contribution < 1.29 is 18.0 Å². The fraction of sp³-hybridized carbons (Fsp3) is 0.500. The lowest BCUT2D eigenvalue weighted by atomic mass is 10.2. The largest absolute Gasteiger partial charge is 0.401 e. The Morgan fingerprint density at radius 2 is 2.08 bits per heavy atom. The third-order valence-electron chi connectivity index (χ3n) is 4.00. The van der Waals surface area contributed by atoms with Gasteiger partial charge in [0.15, 0.2) is 0 Å². The van der Waals surface area contributed by atoms with Gasteiger partial charge in [-0.3, -0.25) is 4.79 Å². The van der Waals surface area contributed by atoms with E-state index in [1.165, 1.54) is 6.42 Å². The number of carbonyl (C=O) groups excluding carboxylic acids is 1. The number of aromatic nitrogens is 2. The number of alkyl halides is 3. The summed E-state index contributed by atoms with van der Waals surface area (Å²) in [5, 5.41) is 4.67. The van der Waals surface area contributed by atoms with Crippen LogP contribution >= 0.6 is 0 Å². The van der Waals surface area contributed by atoms with Gasteiger partial charge in [-0.05, 0) is 31.0 Å². The molecule has 0 aliphatic carbocycles. The maximum absolute atomic E-state index is 12.0. The molecule has 8 heteroatoms. The van der Waals surface area contributed by atoms with Crippen LogP contribution in [0.25, 0.3) is 11.0 Å². The Bertz CT molecular complexity index is 739. The van der Waals surface area contributed by atoms with Gasteiger partial charge >= 0.3 is 6.18 Å². The zero-order chi connectivity index (χ0) is 17.2. The molecular weight excluding hydrogens is 321 g/mol. The molecule has 0 spiro atoms. The number of hydrogen-bond donors (Lipinski definition) is 2. The minimum Gasteiger partial charge on any atom is -0.328 e. The lowest BCUT2D eigenvalue weighted by molar-refractivity contribution is -0.126. The smallest absolute Gasteiger partial charge is 0.328 e. The normalized spacial score (nSPS) is 15.1. The summed E-state index contributed by atoms with van der Waals surface area (Å²) >= 11 is 0. The molecule has 1 aliphatic heterocycles. The highest BCUT2D eigenvalue weighted by Crippen LogP contribution is 2.24. The van der Waals surface area contributed by atoms with Gasteiger partial charge in [-0.25, -0.2) is 4.98 Å². The van der Waals surface area contributed by atoms with Crippen LogP contribution in [0, 0.1) is 0 Å². The molecule has 1 aliphatic rings. The summed E-state index contributed by atoms with van der Waals surface area (Å²) in [7, 11) is 0. The van der Waals surface area contributed by atoms with Crippen LogP contribution < -0.4 is 10.6 Å². The Kier molecular flexibility index (Phi) is 4.75. The van der Waals surface area contributed by atoms with Gasteiger partial charge in [0, 0.05) is 18.7 Å². The molecule has 0 atom stereocenters. The number of nitrogens with zero attached hydrogens (tertiary/aromatic N) is 2. The van der Waals surface area contributed by atoms with E-state index in [4.69, 9.17) is 0 Å². The van der Waals surface area contributed by atoms with E-state index >= 15 is 0 Å². The van der Waals surface area contributed by atoms with Crippen molar-refractivity contribution in [2.75, 3.05) is 18.4 Å². The molecule has 1 aromatic carbocycles. The van der Waals surface area contributed by atoms with Crippen LogP contribution in [-0.2, 0) is 17.8 Å². The predicted octanol–water partition coefficient (Wildman–Crippen LogP) is 2.85. The number of imidazole rings is 1. The van der Waals surface area contributed by atoms with Crippen LogP contribution in [0.4, 0.5) is 18.9 Å². The molecule has 2 heterocycles. The van der Waals surface area contributed by atoms with Crippen molar-refractivity contribution in [3.05, 3.63) is 24.0 Å². The van der Waals surface area contributed by atoms with Gasteiger partial charge in [0.1, 0.15) is 5.82 Å². The van der Waals surface area contributed by atoms with Gasteiger partial charge in [-0.15, -0.1) is 0 Å². The van der Waals surface area contributed by atoms with E-state index < -0.39 is 25.2 Å². The average molecular weight is 340 g/mol. The molecule has 0 bridgehead atoms. The van der Waals surface area contributed by atoms with Crippen molar-refractivity contribution >= 4 is 22.6 Å². The third-order valence-corrected chi connectivity index (χ3v) is 4.00. The summed E-state index contributed by atoms with van der Waals surface area (Å²) in [6.07, 6.45) is 0.0642. The first-order valence-electron chi connectivity index (χ1n) is 7.99. The van der Waals surface area contributed by atoms with Crippen LogP contribution in [0.1, 0.15) is 25.1 Å². The number of halogens is 3. The molecule has 2 aromatic rings. The van der Waals surface area contributed by atoms with Crippen molar-refractivity contribution in [1.82, 2.24) is 14.9 Å². The maximum atomic E-state index is 12.0. The number of nitrogens with one attached hydrogen (secondary N) is 2. The van der Waals surface area contributed by atoms with E-state index in [2.05, 4.69) is 20.2 Å². The van der Waals surface area contributed by atoms with Crippen molar-refractivity contribution in [3.8, 4) is 0 Å². The monoisotopic (exact) mass is 340 g/mol. The maximum Gasteiger partial charge on any atom is 0.401 e. The quantitative estimate of drug-likeness (QED) is 0.900. The Balaban J connectivity index is 1.66. The van der Waals surface area contributed by atoms with E-state index in [0.717, 1.165) is 42.7 Å². The zero-order valence-corrected chi connectivity index (χ0v) is 13.1. The number of benzene rings is 1. The number of hydrogen-bond acceptors (Lipinski definition) is 3. The first-order valence-corrected chi connectivity index (χ1v) is 7.99. The molecule has 0 fully saturated rings. The summed E-state index contributed by atoms with van der Waals surface area (Å²) in [4.78, 5) is 16.3. The Morgan fingerprint density at radius 1 is 1.25 bits per heavy atom. The summed E-state index contributed by atoms with van der Waals surface area (Å²) in [6.45, 7) is -0.636. The Morgan fingerprint density at radius 3 is 2.88 bits per heavy atom. The van der Waals surface area contributed by atoms with Gasteiger partial charge in [-0.1, -0.05) is 6.42 Å². The molecule has 2 N–H and O–H groups in total. The summed E-state index contributed by atoms with van der Waals surface area (Å²) in [5.74, 6) is 0.539. The molecule has 0 saturated carbocycles. The van der Waals surface area contributed by atoms with Crippen LogP contribution in [0.2, 0.25) is 0 Å². The molecule has 24 heavy (non-hydrogen) atoms. The zero-order valence-electron chi connectivity index (χ0n) is 13.1. The number of rotatable bonds is 4. The molecule has 1 aromatic heterocycles. The second-order valence-corrected chi connectivity index (χ2v) is 5.96. The predicted molar refractivity (Wildman–Crippen MR) is 84.8 cm³/mol. The third kappa shape index (κ3) is 4.05. The van der Waals surface area contributed by atoms with E-state index in [1.807, 2.05) is 6.07 Å². The first kappa shape index (κ1) is 16.8. The average Bonchev–Trinajstić information content (AvgIpc) is 2.67. The second-order valence-electron chi connectivity index (χ2n) is 5.96. The first-order chi connectivity index (χ1) is 11.4. The number of fused-ring (bicyclic) bond motifs is 3. The number of aryl methyl sites for hydroxylation is 2. The fourth-order valence-electron chi connectivity index (χ4n) is 2.95. The molecule has 1 amide bonds. The van der Waals surface area contributed by atoms with E-state index in [9.17, 15) is 18.0 Å². The van der Waals surface area contributed by atoms with Gasteiger partial charge in [-0.2, -0.15) is 13.2 Å². The number of carbonyl (C=O) groups is 1. The van der Waals surface area contributed by atoms with Gasteiger partial charge in [0.25, 0.3) is 0 Å². The lowest BCUT2D eigenvalue weighted by Crippen LogP contribution is -2.35. The summed E-state index contributed by atoms with van der Waals surface area (Å²) in [6, 6.07) is 5.42. The molecule has 130 valence electrons. The highest BCUT2D eigenvalue weighted by molar-refractivity contribution is 5.94. The lowest BCUT2D eigenvalue weighted by Gasteiger charge is -2.09. The standard InChI is InChI=1S/C16H19F3N4O/c17-16(18,19)10-20-9-15(24)21-11-5-6-13-12(8-11)22-14-4-2-1-3-7-23(13)14/h5-6,8,20H,1-4,7,9-10H2,(H,21,24). The minimum absolute atomic E-state index is 0.392. The minimum atomic E-state index is -4.33. The molecule has 3 rings (SSSR count). The van der Waals surface area contributed by atoms with E-state index in [1.54, 1.807) is 12.1 Å². The Hall–Kier alpha value is -2.09. The van der Waals surface area contributed by atoms with Crippen LogP contribution in [0.15, 0.2) is 18.2 Å². The number of anilines is 1. The summed E-state index contributed by atoms with van der Waals surface area (Å²) in [5.41, 5.74) is 2.36. The van der Waals surface area contributed by atoms with Crippen molar-refractivity contribution in [2.24, 2.45) is 0 Å². The van der Waals surface area contributed by atoms with Gasteiger partial charge in [0.05, 0.1) is 24.1 Å². The Labute approximate surface area is 137 Å². The summed E-state index contributed by atoms with van der Waals surface area (Å²) < 4.78 is 38.3. The van der Waals surface area contributed by atoms with Crippen molar-refractivity contribution in [1.29, 1.82) is 0 Å². The van der Waals surface area contributed by atoms with Crippen molar-refractivity contribution in [3.63, 3.8) is 0 Å². The highest BCUT2D eigenvalue weighted by atomic mass is 19.4. The highest BCUT2D eigenvalue weighted by Gasteiger charge is 2.26. The van der Waals surface area contributed by atoms with Gasteiger partial charge < -0.3 is 15.2 Å². The SMILES string of the molecule is O=C(CNCC(F)(F)F)Nc1ccc2c(c1)nc1n2CCCCC1. The van der Waals surface area contributed by atoms with Gasteiger partial charge in [0.2, 0.25) is 5.91 Å². The van der Waals surface area contributed by atoms with Crippen LogP contribution in [0.3, 0.4) is 0 Å². The molecule has 0 saturated heterocycles. The second kappa shape index (κ2) is 6.80. The van der Waals surface area contributed by atoms with E-state index in [0.29, 0.717) is 5.69 Å².